The minimum atomic E-state index is -1.07. The Balaban J connectivity index is 1.81. The van der Waals surface area contributed by atoms with Crippen molar-refractivity contribution in [3.8, 4) is 0 Å². The number of ether oxygens (including phenoxy) is 1. The van der Waals surface area contributed by atoms with Crippen LogP contribution in [0, 0.1) is 6.92 Å². The molecule has 0 aliphatic rings. The summed E-state index contributed by atoms with van der Waals surface area (Å²) in [6.07, 6.45) is -1.07. The van der Waals surface area contributed by atoms with Crippen LogP contribution in [-0.2, 0) is 14.3 Å². The van der Waals surface area contributed by atoms with Crippen LogP contribution in [0.2, 0.25) is 0 Å². The molecule has 0 spiro atoms. The van der Waals surface area contributed by atoms with Crippen LogP contribution in [0.15, 0.2) is 48.5 Å². The summed E-state index contributed by atoms with van der Waals surface area (Å²) in [7, 11) is 0. The summed E-state index contributed by atoms with van der Waals surface area (Å²) in [5.74, 6) is -2.28. The van der Waals surface area contributed by atoms with Crippen molar-refractivity contribution in [2.24, 2.45) is 5.73 Å². The number of amides is 3. The number of esters is 1. The molecule has 0 fully saturated rings. The van der Waals surface area contributed by atoms with Crippen molar-refractivity contribution in [2.75, 3.05) is 11.9 Å². The molecule has 2 rings (SSSR count). The fraction of sp³-hybridized carbons (Fsp3) is 0.200. The molecule has 2 aromatic carbocycles. The van der Waals surface area contributed by atoms with Gasteiger partial charge in [0.2, 0.25) is 5.91 Å². The number of carbonyl (C=O) groups excluding carboxylic acids is 4. The van der Waals surface area contributed by atoms with E-state index in [9.17, 15) is 19.2 Å². The van der Waals surface area contributed by atoms with Crippen molar-refractivity contribution in [3.63, 3.8) is 0 Å². The van der Waals surface area contributed by atoms with Crippen LogP contribution in [0.4, 0.5) is 5.69 Å². The minimum Gasteiger partial charge on any atom is -0.451 e. The van der Waals surface area contributed by atoms with Gasteiger partial charge in [0.25, 0.3) is 11.8 Å². The number of carbonyl (C=O) groups is 4. The summed E-state index contributed by atoms with van der Waals surface area (Å²) < 4.78 is 5.02. The number of rotatable bonds is 7. The first-order valence-corrected chi connectivity index (χ1v) is 8.51. The lowest BCUT2D eigenvalue weighted by molar-refractivity contribution is -0.152. The Morgan fingerprint density at radius 3 is 2.32 bits per heavy atom. The van der Waals surface area contributed by atoms with Gasteiger partial charge in [-0.1, -0.05) is 17.7 Å². The lowest BCUT2D eigenvalue weighted by atomic mass is 10.1. The number of hydrogen-bond acceptors (Lipinski definition) is 5. The van der Waals surface area contributed by atoms with Crippen molar-refractivity contribution in [3.05, 3.63) is 65.2 Å². The third-order valence-corrected chi connectivity index (χ3v) is 3.79. The molecule has 8 nitrogen and oxygen atoms in total. The number of aryl methyl sites for hydroxylation is 1. The molecule has 4 N–H and O–H groups in total. The van der Waals surface area contributed by atoms with Crippen LogP contribution in [0.5, 0.6) is 0 Å². The van der Waals surface area contributed by atoms with Gasteiger partial charge < -0.3 is 21.1 Å². The molecule has 0 aliphatic heterocycles. The van der Waals surface area contributed by atoms with E-state index < -0.39 is 29.8 Å². The lowest BCUT2D eigenvalue weighted by Gasteiger charge is -2.14. The molecule has 2 aromatic rings. The van der Waals surface area contributed by atoms with E-state index in [0.717, 1.165) is 5.56 Å². The summed E-state index contributed by atoms with van der Waals surface area (Å²) in [5, 5.41) is 5.00. The Hall–Kier alpha value is -3.68. The van der Waals surface area contributed by atoms with Crippen LogP contribution in [-0.4, -0.2) is 36.3 Å². The first-order valence-electron chi connectivity index (χ1n) is 8.51. The topological polar surface area (TPSA) is 128 Å². The molecule has 0 aliphatic carbocycles. The zero-order chi connectivity index (χ0) is 20.7. The van der Waals surface area contributed by atoms with E-state index in [1.54, 1.807) is 18.2 Å². The molecule has 0 aromatic heterocycles. The highest BCUT2D eigenvalue weighted by molar-refractivity contribution is 5.98. The zero-order valence-corrected chi connectivity index (χ0v) is 15.5. The monoisotopic (exact) mass is 383 g/mol. The predicted octanol–water partition coefficient (Wildman–Crippen LogP) is 1.39. The van der Waals surface area contributed by atoms with E-state index in [-0.39, 0.29) is 6.54 Å². The molecule has 0 saturated carbocycles. The maximum Gasteiger partial charge on any atom is 0.326 e. The molecule has 8 heteroatoms. The molecule has 0 unspecified atom stereocenters. The largest absolute Gasteiger partial charge is 0.451 e. The summed E-state index contributed by atoms with van der Waals surface area (Å²) in [6, 6.07) is 12.9. The van der Waals surface area contributed by atoms with Crippen molar-refractivity contribution in [2.45, 2.75) is 20.0 Å². The van der Waals surface area contributed by atoms with E-state index in [1.165, 1.54) is 31.2 Å². The van der Waals surface area contributed by atoms with Crippen LogP contribution >= 0.6 is 0 Å². The average Bonchev–Trinajstić information content (AvgIpc) is 2.66. The van der Waals surface area contributed by atoms with Crippen LogP contribution in [0.3, 0.4) is 0 Å². The van der Waals surface area contributed by atoms with Crippen LogP contribution in [0.25, 0.3) is 0 Å². The zero-order valence-electron chi connectivity index (χ0n) is 15.5. The third kappa shape index (κ3) is 5.94. The summed E-state index contributed by atoms with van der Waals surface area (Å²) in [4.78, 5) is 47.0. The standard InChI is InChI=1S/C20H21N3O5/c1-12-4-3-5-15(10-12)20(27)22-11-17(24)28-13(2)19(26)23-16-8-6-14(7-9-16)18(21)25/h3-10,13H,11H2,1-2H3,(H2,21,25)(H,22,27)(H,23,26)/t13-/m1/s1. The van der Waals surface area contributed by atoms with E-state index >= 15 is 0 Å². The van der Waals surface area contributed by atoms with E-state index in [2.05, 4.69) is 10.6 Å². The SMILES string of the molecule is Cc1cccc(C(=O)NCC(=O)O[C@H](C)C(=O)Nc2ccc(C(N)=O)cc2)c1. The second-order valence-corrected chi connectivity index (χ2v) is 6.12. The molecule has 0 saturated heterocycles. The average molecular weight is 383 g/mol. The van der Waals surface area contributed by atoms with Gasteiger partial charge in [-0.2, -0.15) is 0 Å². The van der Waals surface area contributed by atoms with Gasteiger partial charge >= 0.3 is 5.97 Å². The van der Waals surface area contributed by atoms with Gasteiger partial charge in [0, 0.05) is 16.8 Å². The van der Waals surface area contributed by atoms with Gasteiger partial charge in [-0.15, -0.1) is 0 Å². The minimum absolute atomic E-state index is 0.307. The second-order valence-electron chi connectivity index (χ2n) is 6.12. The Morgan fingerprint density at radius 1 is 1.04 bits per heavy atom. The van der Waals surface area contributed by atoms with Gasteiger partial charge in [-0.25, -0.2) is 0 Å². The van der Waals surface area contributed by atoms with Gasteiger partial charge in [-0.3, -0.25) is 19.2 Å². The van der Waals surface area contributed by atoms with E-state index in [0.29, 0.717) is 16.8 Å². The quantitative estimate of drug-likeness (QED) is 0.623. The fourth-order valence-corrected chi connectivity index (χ4v) is 2.29. The molecule has 28 heavy (non-hydrogen) atoms. The molecular weight excluding hydrogens is 362 g/mol. The van der Waals surface area contributed by atoms with Gasteiger partial charge in [0.05, 0.1) is 0 Å². The lowest BCUT2D eigenvalue weighted by Crippen LogP contribution is -2.35. The first kappa shape index (κ1) is 20.6. The Kier molecular flexibility index (Phi) is 6.86. The summed E-state index contributed by atoms with van der Waals surface area (Å²) in [6.45, 7) is 2.90. The summed E-state index contributed by atoms with van der Waals surface area (Å²) in [5.41, 5.74) is 7.23. The highest BCUT2D eigenvalue weighted by Gasteiger charge is 2.18. The highest BCUT2D eigenvalue weighted by Crippen LogP contribution is 2.10. The van der Waals surface area contributed by atoms with Gasteiger partial charge in [-0.05, 0) is 50.2 Å². The first-order chi connectivity index (χ1) is 13.3. The maximum atomic E-state index is 12.1. The molecule has 3 amide bonds. The number of benzene rings is 2. The van der Waals surface area contributed by atoms with Crippen LogP contribution < -0.4 is 16.4 Å². The van der Waals surface area contributed by atoms with Gasteiger partial charge in [0.15, 0.2) is 6.10 Å². The predicted molar refractivity (Wildman–Crippen MR) is 103 cm³/mol. The number of hydrogen-bond donors (Lipinski definition) is 3. The Morgan fingerprint density at radius 2 is 1.71 bits per heavy atom. The Bertz CT molecular complexity index is 893. The third-order valence-electron chi connectivity index (χ3n) is 3.79. The van der Waals surface area contributed by atoms with Crippen molar-refractivity contribution < 1.29 is 23.9 Å². The highest BCUT2D eigenvalue weighted by atomic mass is 16.5. The number of anilines is 1. The molecule has 0 heterocycles. The summed E-state index contributed by atoms with van der Waals surface area (Å²) >= 11 is 0. The molecule has 0 radical (unpaired) electrons. The van der Waals surface area contributed by atoms with Crippen molar-refractivity contribution in [1.82, 2.24) is 5.32 Å². The van der Waals surface area contributed by atoms with Gasteiger partial charge in [0.1, 0.15) is 6.54 Å². The molecule has 1 atom stereocenters. The number of nitrogens with one attached hydrogen (secondary N) is 2. The molecular formula is C20H21N3O5. The number of nitrogens with two attached hydrogens (primary N) is 1. The smallest absolute Gasteiger partial charge is 0.326 e. The van der Waals surface area contributed by atoms with Crippen molar-refractivity contribution in [1.29, 1.82) is 0 Å². The molecule has 0 bridgehead atoms. The van der Waals surface area contributed by atoms with E-state index in [1.807, 2.05) is 13.0 Å². The van der Waals surface area contributed by atoms with Crippen LogP contribution in [0.1, 0.15) is 33.2 Å². The fourth-order valence-electron chi connectivity index (χ4n) is 2.29. The Labute approximate surface area is 162 Å². The maximum absolute atomic E-state index is 12.1. The normalized spacial score (nSPS) is 11.2. The molecule has 146 valence electrons. The second kappa shape index (κ2) is 9.31. The van der Waals surface area contributed by atoms with E-state index in [4.69, 9.17) is 10.5 Å². The van der Waals surface area contributed by atoms with Crippen molar-refractivity contribution >= 4 is 29.4 Å². The number of primary amides is 1.